The van der Waals surface area contributed by atoms with Crippen LogP contribution in [0.1, 0.15) is 5.69 Å². The van der Waals surface area contributed by atoms with Gasteiger partial charge in [0.2, 0.25) is 0 Å². The molecule has 3 rings (SSSR count). The van der Waals surface area contributed by atoms with Crippen LogP contribution in [0.25, 0.3) is 24.7 Å². The number of azo groups is 1. The fourth-order valence-electron chi connectivity index (χ4n) is 1.67. The van der Waals surface area contributed by atoms with Gasteiger partial charge in [0.1, 0.15) is 0 Å². The number of hydrogen-bond acceptors (Lipinski definition) is 4. The first-order valence-electron chi connectivity index (χ1n) is 4.89. The Balaban J connectivity index is 2.31. The van der Waals surface area contributed by atoms with Crippen LogP contribution in [0.3, 0.4) is 0 Å². The van der Waals surface area contributed by atoms with Gasteiger partial charge in [-0.1, -0.05) is 0 Å². The molecular weight excluding hydrogens is 220 g/mol. The maximum absolute atomic E-state index is 11.1. The van der Waals surface area contributed by atoms with Gasteiger partial charge in [-0.25, -0.2) is 9.48 Å². The van der Waals surface area contributed by atoms with Crippen molar-refractivity contribution in [2.45, 2.75) is 0 Å². The van der Waals surface area contributed by atoms with Crippen LogP contribution < -0.4 is 16.3 Å². The first-order valence-corrected chi connectivity index (χ1v) is 4.89. The van der Waals surface area contributed by atoms with Crippen LogP contribution in [-0.2, 0) is 0 Å². The largest absolute Gasteiger partial charge is 0.351 e. The number of carbonyl (C=O) groups excluding carboxylic acids is 1. The monoisotopic (exact) mass is 228 g/mol. The quantitative estimate of drug-likeness (QED) is 0.655. The van der Waals surface area contributed by atoms with E-state index in [0.29, 0.717) is 0 Å². The van der Waals surface area contributed by atoms with Crippen molar-refractivity contribution >= 4 is 30.7 Å². The highest BCUT2D eigenvalue weighted by Gasteiger charge is 2.12. The topological polar surface area (TPSA) is 88.9 Å². The lowest BCUT2D eigenvalue weighted by atomic mass is 10.3. The van der Waals surface area contributed by atoms with Crippen molar-refractivity contribution in [3.05, 3.63) is 28.7 Å². The fraction of sp³-hybridized carbons (Fsp3) is 0. The molecule has 0 atom stereocenters. The third-order valence-corrected chi connectivity index (χ3v) is 2.45. The molecule has 0 bridgehead atoms. The molecule has 0 fully saturated rings. The average Bonchev–Trinajstić information content (AvgIpc) is 2.51. The molecule has 0 radical (unpaired) electrons. The predicted molar refractivity (Wildman–Crippen MR) is 61.0 cm³/mol. The zero-order valence-electron chi connectivity index (χ0n) is 8.69. The van der Waals surface area contributed by atoms with E-state index in [0.717, 1.165) is 16.3 Å². The Morgan fingerprint density at radius 2 is 2.18 bits per heavy atom. The number of primary amides is 1. The number of aromatic nitrogens is 2. The van der Waals surface area contributed by atoms with Crippen LogP contribution in [-0.4, -0.2) is 20.7 Å². The first kappa shape index (κ1) is 9.52. The van der Waals surface area contributed by atoms with E-state index < -0.39 is 6.03 Å². The molecular formula is C10H8N6O. The summed E-state index contributed by atoms with van der Waals surface area (Å²) in [7, 11) is 0. The molecule has 17 heavy (non-hydrogen) atoms. The van der Waals surface area contributed by atoms with Crippen molar-refractivity contribution in [1.82, 2.24) is 14.7 Å². The molecule has 0 aromatic carbocycles. The molecule has 0 spiro atoms. The third-order valence-electron chi connectivity index (χ3n) is 2.45. The molecule has 2 N–H and O–H groups in total. The number of amides is 2. The second-order valence-electron chi connectivity index (χ2n) is 3.48. The van der Waals surface area contributed by atoms with Crippen molar-refractivity contribution < 1.29 is 4.79 Å². The Morgan fingerprint density at radius 1 is 1.29 bits per heavy atom. The van der Waals surface area contributed by atoms with Gasteiger partial charge in [0.25, 0.3) is 0 Å². The number of carbonyl (C=O) groups is 1. The molecule has 2 amide bonds. The van der Waals surface area contributed by atoms with Gasteiger partial charge in [-0.2, -0.15) is 15.3 Å². The maximum Gasteiger partial charge on any atom is 0.322 e. The van der Waals surface area contributed by atoms with Gasteiger partial charge in [0.15, 0.2) is 0 Å². The summed E-state index contributed by atoms with van der Waals surface area (Å²) in [4.78, 5) is 12.4. The van der Waals surface area contributed by atoms with E-state index in [9.17, 15) is 4.79 Å². The summed E-state index contributed by atoms with van der Waals surface area (Å²) in [6, 6.07) is -0.544. The van der Waals surface area contributed by atoms with Gasteiger partial charge in [0, 0.05) is 23.8 Å². The highest BCUT2D eigenvalue weighted by molar-refractivity contribution is 5.80. The van der Waals surface area contributed by atoms with Gasteiger partial charge in [0.05, 0.1) is 23.4 Å². The number of fused-ring (bicyclic) bond motifs is 3. The molecule has 3 heterocycles. The molecule has 0 aliphatic carbocycles. The normalized spacial score (nSPS) is 15.6. The Bertz CT molecular complexity index is 693. The molecule has 0 unspecified atom stereocenters. The number of rotatable bonds is 0. The summed E-state index contributed by atoms with van der Waals surface area (Å²) in [5, 5.41) is 13.5. The van der Waals surface area contributed by atoms with E-state index in [-0.39, 0.29) is 0 Å². The molecule has 84 valence electrons. The number of nitrogens with two attached hydrogens (primary N) is 1. The lowest BCUT2D eigenvalue weighted by Gasteiger charge is -2.11. The second-order valence-corrected chi connectivity index (χ2v) is 3.48. The van der Waals surface area contributed by atoms with E-state index in [2.05, 4.69) is 15.3 Å². The second kappa shape index (κ2) is 3.41. The average molecular weight is 228 g/mol. The number of nitrogens with zero attached hydrogens (tertiary/aromatic N) is 5. The van der Waals surface area contributed by atoms with E-state index in [1.807, 2.05) is 0 Å². The highest BCUT2D eigenvalue weighted by Crippen LogP contribution is 2.02. The molecule has 1 aromatic rings. The van der Waals surface area contributed by atoms with E-state index in [4.69, 9.17) is 5.73 Å². The van der Waals surface area contributed by atoms with Gasteiger partial charge >= 0.3 is 6.03 Å². The number of hydrogen-bond donors (Lipinski definition) is 1. The molecule has 1 aromatic heterocycles. The third kappa shape index (κ3) is 1.44. The lowest BCUT2D eigenvalue weighted by Crippen LogP contribution is -2.35. The van der Waals surface area contributed by atoms with Crippen LogP contribution >= 0.6 is 0 Å². The van der Waals surface area contributed by atoms with Gasteiger partial charge in [-0.15, -0.1) is 0 Å². The summed E-state index contributed by atoms with van der Waals surface area (Å²) in [5.41, 5.74) is 5.97. The standard InChI is InChI=1S/C10H8N6O/c11-10(17)15-3-1-8-7(6-15)9-5-13-12-2-4-16(9)14-8/h1-6H,(H2,11,17). The maximum atomic E-state index is 11.1. The fourth-order valence-corrected chi connectivity index (χ4v) is 1.67. The summed E-state index contributed by atoms with van der Waals surface area (Å²) in [6.07, 6.45) is 9.74. The smallest absolute Gasteiger partial charge is 0.322 e. The van der Waals surface area contributed by atoms with E-state index >= 15 is 0 Å². The Hall–Kier alpha value is -2.70. The molecule has 7 nitrogen and oxygen atoms in total. The molecule has 7 heteroatoms. The molecule has 2 aliphatic heterocycles. The van der Waals surface area contributed by atoms with E-state index in [1.54, 1.807) is 41.8 Å². The Morgan fingerprint density at radius 3 is 3.00 bits per heavy atom. The number of urea groups is 1. The van der Waals surface area contributed by atoms with Crippen molar-refractivity contribution in [2.75, 3.05) is 0 Å². The van der Waals surface area contributed by atoms with Crippen LogP contribution in [0.2, 0.25) is 0 Å². The molecule has 0 saturated heterocycles. The van der Waals surface area contributed by atoms with Gasteiger partial charge in [-0.3, -0.25) is 4.90 Å². The molecule has 0 saturated carbocycles. The van der Waals surface area contributed by atoms with Crippen LogP contribution in [0.15, 0.2) is 22.6 Å². The zero-order chi connectivity index (χ0) is 11.8. The summed E-state index contributed by atoms with van der Waals surface area (Å²) >= 11 is 0. The Labute approximate surface area is 95.5 Å². The van der Waals surface area contributed by atoms with Gasteiger partial charge < -0.3 is 5.73 Å². The van der Waals surface area contributed by atoms with Crippen molar-refractivity contribution in [1.29, 1.82) is 0 Å². The minimum absolute atomic E-state index is 0.544. The first-order chi connectivity index (χ1) is 8.25. The minimum atomic E-state index is -0.544. The summed E-state index contributed by atoms with van der Waals surface area (Å²) in [6.45, 7) is 0. The Kier molecular flexibility index (Phi) is 1.91. The zero-order valence-corrected chi connectivity index (χ0v) is 8.69. The van der Waals surface area contributed by atoms with Crippen LogP contribution in [0.5, 0.6) is 0 Å². The van der Waals surface area contributed by atoms with Crippen molar-refractivity contribution in [3.63, 3.8) is 0 Å². The van der Waals surface area contributed by atoms with E-state index in [1.165, 1.54) is 4.90 Å². The highest BCUT2D eigenvalue weighted by atomic mass is 16.2. The van der Waals surface area contributed by atoms with Gasteiger partial charge in [-0.05, 0) is 6.08 Å². The van der Waals surface area contributed by atoms with Crippen LogP contribution in [0, 0.1) is 0 Å². The van der Waals surface area contributed by atoms with Crippen molar-refractivity contribution in [2.24, 2.45) is 16.0 Å². The summed E-state index contributed by atoms with van der Waals surface area (Å²) < 4.78 is 1.65. The van der Waals surface area contributed by atoms with Crippen LogP contribution in [0.4, 0.5) is 4.79 Å². The SMILES string of the molecule is NC(=O)N1C=Cc2nn3c(c2=C1)=CN=NC=C3. The molecule has 2 aliphatic rings. The predicted octanol–water partition coefficient (Wildman–Crippen LogP) is -0.382. The summed E-state index contributed by atoms with van der Waals surface area (Å²) in [5.74, 6) is 0. The van der Waals surface area contributed by atoms with Crippen molar-refractivity contribution in [3.8, 4) is 0 Å². The minimum Gasteiger partial charge on any atom is -0.351 e. The lowest BCUT2D eigenvalue weighted by molar-refractivity contribution is 0.238.